The van der Waals surface area contributed by atoms with Crippen molar-refractivity contribution >= 4 is 22.2 Å². The van der Waals surface area contributed by atoms with Crippen molar-refractivity contribution in [3.8, 4) is 23.0 Å². The topological polar surface area (TPSA) is 65.4 Å². The molecule has 0 bridgehead atoms. The highest BCUT2D eigenvalue weighted by molar-refractivity contribution is 7.13. The van der Waals surface area contributed by atoms with Crippen LogP contribution in [0.3, 0.4) is 0 Å². The summed E-state index contributed by atoms with van der Waals surface area (Å²) in [5, 5.41) is 9.80. The Bertz CT molecular complexity index is 1090. The minimum atomic E-state index is -0.0841. The number of thiazole rings is 1. The van der Waals surface area contributed by atoms with Gasteiger partial charge in [-0.05, 0) is 36.8 Å². The first-order valence-corrected chi connectivity index (χ1v) is 10.7. The molecule has 162 valence electrons. The first-order valence-electron chi connectivity index (χ1n) is 9.81. The molecule has 1 unspecified atom stereocenters. The van der Waals surface area contributed by atoms with E-state index in [4.69, 9.17) is 24.0 Å². The van der Waals surface area contributed by atoms with Gasteiger partial charge in [0.1, 0.15) is 5.75 Å². The molecule has 2 aromatic carbocycles. The van der Waals surface area contributed by atoms with Gasteiger partial charge in [0.25, 0.3) is 0 Å². The lowest BCUT2D eigenvalue weighted by molar-refractivity contribution is 0.323. The van der Waals surface area contributed by atoms with Gasteiger partial charge in [-0.2, -0.15) is 5.10 Å². The monoisotopic (exact) mass is 439 g/mol. The second kappa shape index (κ2) is 8.85. The summed E-state index contributed by atoms with van der Waals surface area (Å²) < 4.78 is 22.2. The largest absolute Gasteiger partial charge is 0.496 e. The van der Waals surface area contributed by atoms with E-state index in [2.05, 4.69) is 4.98 Å². The van der Waals surface area contributed by atoms with E-state index in [1.807, 2.05) is 53.7 Å². The smallest absolute Gasteiger partial charge is 0.206 e. The molecule has 1 atom stereocenters. The summed E-state index contributed by atoms with van der Waals surface area (Å²) in [6.07, 6.45) is 0.678. The van der Waals surface area contributed by atoms with Gasteiger partial charge in [0.05, 0.1) is 45.9 Å². The SMILES string of the molecule is COc1ccccc1C1=NN(c2nc(C)cs2)C(c2cc(OC)c(OC)c(OC)c2)C1. The molecule has 0 saturated heterocycles. The van der Waals surface area contributed by atoms with Crippen molar-refractivity contribution < 1.29 is 18.9 Å². The fourth-order valence-corrected chi connectivity index (χ4v) is 4.53. The van der Waals surface area contributed by atoms with E-state index < -0.39 is 0 Å². The molecular weight excluding hydrogens is 414 g/mol. The summed E-state index contributed by atoms with van der Waals surface area (Å²) in [5.74, 6) is 2.58. The average molecular weight is 440 g/mol. The van der Waals surface area contributed by atoms with E-state index in [9.17, 15) is 0 Å². The first-order chi connectivity index (χ1) is 15.1. The maximum Gasteiger partial charge on any atom is 0.206 e. The zero-order chi connectivity index (χ0) is 22.0. The molecule has 2 heterocycles. The Balaban J connectivity index is 1.82. The quantitative estimate of drug-likeness (QED) is 0.525. The van der Waals surface area contributed by atoms with Crippen molar-refractivity contribution in [2.45, 2.75) is 19.4 Å². The van der Waals surface area contributed by atoms with Crippen LogP contribution >= 0.6 is 11.3 Å². The van der Waals surface area contributed by atoms with Crippen molar-refractivity contribution in [1.29, 1.82) is 0 Å². The van der Waals surface area contributed by atoms with Crippen LogP contribution in [0.1, 0.15) is 29.3 Å². The number of ether oxygens (including phenoxy) is 4. The first kappa shape index (κ1) is 21.0. The second-order valence-corrected chi connectivity index (χ2v) is 7.88. The van der Waals surface area contributed by atoms with Crippen LogP contribution in [0.5, 0.6) is 23.0 Å². The molecule has 0 radical (unpaired) electrons. The molecule has 0 amide bonds. The van der Waals surface area contributed by atoms with Crippen molar-refractivity contribution in [3.63, 3.8) is 0 Å². The second-order valence-electron chi connectivity index (χ2n) is 7.04. The molecule has 4 rings (SSSR count). The van der Waals surface area contributed by atoms with Gasteiger partial charge in [0.15, 0.2) is 11.5 Å². The third-order valence-corrected chi connectivity index (χ3v) is 6.15. The van der Waals surface area contributed by atoms with Gasteiger partial charge in [0.2, 0.25) is 10.9 Å². The van der Waals surface area contributed by atoms with Gasteiger partial charge in [-0.1, -0.05) is 12.1 Å². The highest BCUT2D eigenvalue weighted by Crippen LogP contribution is 2.45. The Morgan fingerprint density at radius 1 is 0.935 bits per heavy atom. The standard InChI is InChI=1S/C23H25N3O4S/c1-14-13-31-23(24-14)26-18(12-17(25-26)16-8-6-7-9-19(16)27-2)15-10-20(28-3)22(30-5)21(11-15)29-4/h6-11,13,18H,12H2,1-5H3. The van der Waals surface area contributed by atoms with Gasteiger partial charge in [0, 0.05) is 17.4 Å². The van der Waals surface area contributed by atoms with Crippen LogP contribution in [0, 0.1) is 6.92 Å². The molecule has 1 aliphatic heterocycles. The van der Waals surface area contributed by atoms with E-state index in [0.717, 1.165) is 33.4 Å². The fraction of sp³-hybridized carbons (Fsp3) is 0.304. The Kier molecular flexibility index (Phi) is 5.99. The number of anilines is 1. The summed E-state index contributed by atoms with van der Waals surface area (Å²) in [7, 11) is 6.51. The Hall–Kier alpha value is -3.26. The summed E-state index contributed by atoms with van der Waals surface area (Å²) in [6.45, 7) is 1.98. The number of para-hydroxylation sites is 1. The predicted octanol–water partition coefficient (Wildman–Crippen LogP) is 4.84. The molecule has 0 saturated carbocycles. The van der Waals surface area contributed by atoms with Crippen LogP contribution in [0.2, 0.25) is 0 Å². The van der Waals surface area contributed by atoms with E-state index in [1.165, 1.54) is 0 Å². The van der Waals surface area contributed by atoms with Crippen LogP contribution in [0.15, 0.2) is 46.9 Å². The summed E-state index contributed by atoms with van der Waals surface area (Å²) in [5.41, 5.74) is 3.86. The number of hydrogen-bond acceptors (Lipinski definition) is 8. The lowest BCUT2D eigenvalue weighted by Crippen LogP contribution is -2.18. The molecule has 31 heavy (non-hydrogen) atoms. The zero-order valence-electron chi connectivity index (χ0n) is 18.2. The summed E-state index contributed by atoms with van der Waals surface area (Å²) in [6, 6.07) is 11.8. The van der Waals surface area contributed by atoms with Gasteiger partial charge >= 0.3 is 0 Å². The van der Waals surface area contributed by atoms with Crippen LogP contribution in [-0.2, 0) is 0 Å². The van der Waals surface area contributed by atoms with Gasteiger partial charge in [-0.15, -0.1) is 11.3 Å². The fourth-order valence-electron chi connectivity index (χ4n) is 3.73. The number of rotatable bonds is 7. The number of hydrazone groups is 1. The van der Waals surface area contributed by atoms with Gasteiger partial charge in [-0.25, -0.2) is 9.99 Å². The molecule has 7 nitrogen and oxygen atoms in total. The Morgan fingerprint density at radius 2 is 1.61 bits per heavy atom. The number of nitrogens with zero attached hydrogens (tertiary/aromatic N) is 3. The minimum Gasteiger partial charge on any atom is -0.496 e. The van der Waals surface area contributed by atoms with Crippen LogP contribution in [0.4, 0.5) is 5.13 Å². The third kappa shape index (κ3) is 3.90. The lowest BCUT2D eigenvalue weighted by atomic mass is 9.97. The van der Waals surface area contributed by atoms with Gasteiger partial charge < -0.3 is 18.9 Å². The summed E-state index contributed by atoms with van der Waals surface area (Å²) in [4.78, 5) is 4.68. The van der Waals surface area contributed by atoms with Crippen LogP contribution < -0.4 is 24.0 Å². The Morgan fingerprint density at radius 3 is 2.19 bits per heavy atom. The van der Waals surface area contributed by atoms with Crippen molar-refractivity contribution in [2.24, 2.45) is 5.10 Å². The lowest BCUT2D eigenvalue weighted by Gasteiger charge is -2.23. The molecule has 0 spiro atoms. The maximum absolute atomic E-state index is 5.58. The Labute approximate surface area is 185 Å². The van der Waals surface area contributed by atoms with Crippen molar-refractivity contribution in [3.05, 3.63) is 58.6 Å². The average Bonchev–Trinajstić information content (AvgIpc) is 3.44. The minimum absolute atomic E-state index is 0.0841. The molecule has 0 fully saturated rings. The maximum atomic E-state index is 5.58. The normalized spacial score (nSPS) is 15.6. The van der Waals surface area contributed by atoms with Crippen LogP contribution in [-0.4, -0.2) is 39.1 Å². The highest BCUT2D eigenvalue weighted by Gasteiger charge is 2.34. The zero-order valence-corrected chi connectivity index (χ0v) is 19.0. The predicted molar refractivity (Wildman–Crippen MR) is 122 cm³/mol. The van der Waals surface area contributed by atoms with Crippen molar-refractivity contribution in [1.82, 2.24) is 4.98 Å². The third-order valence-electron chi connectivity index (χ3n) is 5.20. The number of benzene rings is 2. The van der Waals surface area contributed by atoms with Gasteiger partial charge in [-0.3, -0.25) is 0 Å². The molecule has 8 heteroatoms. The molecule has 0 N–H and O–H groups in total. The molecule has 1 aromatic heterocycles. The highest BCUT2D eigenvalue weighted by atomic mass is 32.1. The number of methoxy groups -OCH3 is 4. The molecule has 1 aliphatic rings. The van der Waals surface area contributed by atoms with E-state index in [0.29, 0.717) is 23.7 Å². The van der Waals surface area contributed by atoms with Crippen LogP contribution in [0.25, 0.3) is 0 Å². The van der Waals surface area contributed by atoms with E-state index >= 15 is 0 Å². The molecule has 0 aliphatic carbocycles. The van der Waals surface area contributed by atoms with Crippen molar-refractivity contribution in [2.75, 3.05) is 33.4 Å². The van der Waals surface area contributed by atoms with E-state index in [-0.39, 0.29) is 6.04 Å². The molecule has 3 aromatic rings. The number of aromatic nitrogens is 1. The number of hydrogen-bond donors (Lipinski definition) is 0. The number of aryl methyl sites for hydroxylation is 1. The summed E-state index contributed by atoms with van der Waals surface area (Å²) >= 11 is 1.57. The molecular formula is C23H25N3O4S. The van der Waals surface area contributed by atoms with E-state index in [1.54, 1.807) is 39.8 Å².